The Morgan fingerprint density at radius 3 is 2.86 bits per heavy atom. The van der Waals surface area contributed by atoms with Gasteiger partial charge in [0, 0.05) is 25.2 Å². The standard InChI is InChI=1S/C14H17BrN2O3.ClH/c1-17(10-2-3-16-8-10)14(18)9-6-11(15)13-12(7-9)19-4-5-20-13;/h6-7,10,16H,2-5,8H2,1H3;1H. The number of nitrogens with one attached hydrogen (secondary N) is 1. The molecule has 1 aromatic rings. The highest BCUT2D eigenvalue weighted by Crippen LogP contribution is 2.38. The second kappa shape index (κ2) is 6.85. The molecule has 0 bridgehead atoms. The van der Waals surface area contributed by atoms with Gasteiger partial charge in [-0.05, 0) is 41.0 Å². The number of amides is 1. The van der Waals surface area contributed by atoms with Gasteiger partial charge in [0.15, 0.2) is 11.5 Å². The first-order valence-corrected chi connectivity index (χ1v) is 7.53. The molecular formula is C14H18BrClN2O3. The van der Waals surface area contributed by atoms with Crippen LogP contribution in [0.25, 0.3) is 0 Å². The highest BCUT2D eigenvalue weighted by atomic mass is 79.9. The maximum atomic E-state index is 12.6. The SMILES string of the molecule is CN(C(=O)c1cc(Br)c2c(c1)OCCO2)C1CCNC1.Cl. The lowest BCUT2D eigenvalue weighted by atomic mass is 10.1. The van der Waals surface area contributed by atoms with E-state index >= 15 is 0 Å². The Labute approximate surface area is 138 Å². The fourth-order valence-corrected chi connectivity index (χ4v) is 3.13. The third kappa shape index (κ3) is 3.27. The van der Waals surface area contributed by atoms with Gasteiger partial charge in [-0.3, -0.25) is 4.79 Å². The van der Waals surface area contributed by atoms with Gasteiger partial charge in [0.05, 0.1) is 4.47 Å². The van der Waals surface area contributed by atoms with E-state index in [4.69, 9.17) is 9.47 Å². The molecule has 3 rings (SSSR count). The molecule has 1 fully saturated rings. The molecule has 2 heterocycles. The van der Waals surface area contributed by atoms with Crippen molar-refractivity contribution >= 4 is 34.2 Å². The zero-order valence-corrected chi connectivity index (χ0v) is 14.1. The van der Waals surface area contributed by atoms with E-state index in [1.165, 1.54) is 0 Å². The average molecular weight is 378 g/mol. The van der Waals surface area contributed by atoms with Crippen LogP contribution < -0.4 is 14.8 Å². The van der Waals surface area contributed by atoms with Crippen molar-refractivity contribution < 1.29 is 14.3 Å². The summed E-state index contributed by atoms with van der Waals surface area (Å²) in [5, 5.41) is 3.27. The first-order valence-electron chi connectivity index (χ1n) is 6.74. The molecule has 21 heavy (non-hydrogen) atoms. The van der Waals surface area contributed by atoms with Gasteiger partial charge in [0.1, 0.15) is 13.2 Å². The van der Waals surface area contributed by atoms with E-state index < -0.39 is 0 Å². The molecule has 2 aliphatic heterocycles. The zero-order valence-electron chi connectivity index (χ0n) is 11.7. The maximum absolute atomic E-state index is 12.6. The largest absolute Gasteiger partial charge is 0.486 e. The molecule has 1 N–H and O–H groups in total. The van der Waals surface area contributed by atoms with Crippen molar-refractivity contribution in [1.82, 2.24) is 10.2 Å². The molecule has 1 unspecified atom stereocenters. The Balaban J connectivity index is 0.00000161. The molecule has 1 saturated heterocycles. The molecule has 1 amide bonds. The number of carbonyl (C=O) groups is 1. The molecule has 7 heteroatoms. The summed E-state index contributed by atoms with van der Waals surface area (Å²) in [5.74, 6) is 1.32. The minimum Gasteiger partial charge on any atom is -0.486 e. The summed E-state index contributed by atoms with van der Waals surface area (Å²) in [6.07, 6.45) is 0.994. The van der Waals surface area contributed by atoms with Crippen molar-refractivity contribution in [3.63, 3.8) is 0 Å². The lowest BCUT2D eigenvalue weighted by Gasteiger charge is -2.25. The van der Waals surface area contributed by atoms with Crippen LogP contribution in [0.1, 0.15) is 16.8 Å². The quantitative estimate of drug-likeness (QED) is 0.857. The fraction of sp³-hybridized carbons (Fsp3) is 0.500. The normalized spacial score (nSPS) is 19.8. The third-order valence-corrected chi connectivity index (χ3v) is 4.34. The molecule has 5 nitrogen and oxygen atoms in total. The van der Waals surface area contributed by atoms with Crippen molar-refractivity contribution in [3.05, 3.63) is 22.2 Å². The highest BCUT2D eigenvalue weighted by molar-refractivity contribution is 9.10. The molecule has 1 aromatic carbocycles. The summed E-state index contributed by atoms with van der Waals surface area (Å²) >= 11 is 3.45. The van der Waals surface area contributed by atoms with Crippen LogP contribution >= 0.6 is 28.3 Å². The first-order chi connectivity index (χ1) is 9.66. The minimum atomic E-state index is 0. The molecular weight excluding hydrogens is 360 g/mol. The summed E-state index contributed by atoms with van der Waals surface area (Å²) in [6.45, 7) is 2.87. The number of halogens is 2. The lowest BCUT2D eigenvalue weighted by molar-refractivity contribution is 0.0742. The monoisotopic (exact) mass is 376 g/mol. The van der Waals surface area contributed by atoms with Crippen molar-refractivity contribution in [2.45, 2.75) is 12.5 Å². The number of rotatable bonds is 2. The van der Waals surface area contributed by atoms with E-state index in [0.717, 1.165) is 24.0 Å². The van der Waals surface area contributed by atoms with E-state index in [9.17, 15) is 4.79 Å². The van der Waals surface area contributed by atoms with Crippen LogP contribution in [0.5, 0.6) is 11.5 Å². The predicted molar refractivity (Wildman–Crippen MR) is 85.7 cm³/mol. The predicted octanol–water partition coefficient (Wildman–Crippen LogP) is 2.08. The van der Waals surface area contributed by atoms with Gasteiger partial charge in [-0.25, -0.2) is 0 Å². The lowest BCUT2D eigenvalue weighted by Crippen LogP contribution is -2.38. The van der Waals surface area contributed by atoms with E-state index in [2.05, 4.69) is 21.2 Å². The van der Waals surface area contributed by atoms with Gasteiger partial charge in [0.2, 0.25) is 0 Å². The van der Waals surface area contributed by atoms with Gasteiger partial charge in [-0.2, -0.15) is 0 Å². The number of likely N-dealkylation sites (N-methyl/N-ethyl adjacent to an activating group) is 1. The van der Waals surface area contributed by atoms with Gasteiger partial charge < -0.3 is 19.7 Å². The van der Waals surface area contributed by atoms with E-state index in [1.807, 2.05) is 7.05 Å². The summed E-state index contributed by atoms with van der Waals surface area (Å²) in [6, 6.07) is 3.82. The molecule has 2 aliphatic rings. The van der Waals surface area contributed by atoms with E-state index in [0.29, 0.717) is 30.3 Å². The molecule has 0 saturated carbocycles. The number of carbonyl (C=O) groups excluding carboxylic acids is 1. The van der Waals surface area contributed by atoms with Crippen LogP contribution in [-0.4, -0.2) is 50.2 Å². The van der Waals surface area contributed by atoms with Gasteiger partial charge in [-0.15, -0.1) is 12.4 Å². The Bertz CT molecular complexity index is 535. The van der Waals surface area contributed by atoms with Crippen LogP contribution in [0.4, 0.5) is 0 Å². The number of benzene rings is 1. The average Bonchev–Trinajstić information content (AvgIpc) is 3.00. The minimum absolute atomic E-state index is 0. The van der Waals surface area contributed by atoms with Crippen LogP contribution in [0.2, 0.25) is 0 Å². The number of nitrogens with zero attached hydrogens (tertiary/aromatic N) is 1. The Morgan fingerprint density at radius 1 is 1.38 bits per heavy atom. The van der Waals surface area contributed by atoms with Crippen LogP contribution in [-0.2, 0) is 0 Å². The summed E-state index contributed by atoms with van der Waals surface area (Å²) in [4.78, 5) is 14.4. The molecule has 0 aliphatic carbocycles. The number of hydrogen-bond donors (Lipinski definition) is 1. The number of fused-ring (bicyclic) bond motifs is 1. The van der Waals surface area contributed by atoms with Gasteiger partial charge in [-0.1, -0.05) is 0 Å². The Hall–Kier alpha value is -0.980. The highest BCUT2D eigenvalue weighted by Gasteiger charge is 2.26. The van der Waals surface area contributed by atoms with Gasteiger partial charge >= 0.3 is 0 Å². The topological polar surface area (TPSA) is 50.8 Å². The van der Waals surface area contributed by atoms with Crippen LogP contribution in [0.3, 0.4) is 0 Å². The smallest absolute Gasteiger partial charge is 0.254 e. The van der Waals surface area contributed by atoms with Crippen molar-refractivity contribution in [3.8, 4) is 11.5 Å². The summed E-state index contributed by atoms with van der Waals surface area (Å²) < 4.78 is 11.9. The summed E-state index contributed by atoms with van der Waals surface area (Å²) in [7, 11) is 1.85. The van der Waals surface area contributed by atoms with Gasteiger partial charge in [0.25, 0.3) is 5.91 Å². The first kappa shape index (κ1) is 16.4. The number of hydrogen-bond acceptors (Lipinski definition) is 4. The summed E-state index contributed by atoms with van der Waals surface area (Å²) in [5.41, 5.74) is 0.621. The van der Waals surface area contributed by atoms with Crippen LogP contribution in [0.15, 0.2) is 16.6 Å². The second-order valence-electron chi connectivity index (χ2n) is 5.04. The molecule has 0 spiro atoms. The number of ether oxygens (including phenoxy) is 2. The zero-order chi connectivity index (χ0) is 14.1. The Morgan fingerprint density at radius 2 is 2.14 bits per heavy atom. The van der Waals surface area contributed by atoms with Crippen molar-refractivity contribution in [1.29, 1.82) is 0 Å². The molecule has 0 aromatic heterocycles. The fourth-order valence-electron chi connectivity index (χ4n) is 2.57. The van der Waals surface area contributed by atoms with Crippen molar-refractivity contribution in [2.75, 3.05) is 33.4 Å². The molecule has 1 atom stereocenters. The maximum Gasteiger partial charge on any atom is 0.254 e. The van der Waals surface area contributed by atoms with E-state index in [1.54, 1.807) is 17.0 Å². The van der Waals surface area contributed by atoms with Crippen molar-refractivity contribution in [2.24, 2.45) is 0 Å². The molecule has 0 radical (unpaired) electrons. The van der Waals surface area contributed by atoms with Crippen LogP contribution in [0, 0.1) is 0 Å². The molecule has 116 valence electrons. The third-order valence-electron chi connectivity index (χ3n) is 3.75. The Kier molecular flexibility index (Phi) is 5.35. The second-order valence-corrected chi connectivity index (χ2v) is 5.90. The van der Waals surface area contributed by atoms with E-state index in [-0.39, 0.29) is 24.4 Å².